The van der Waals surface area contributed by atoms with E-state index >= 15 is 0 Å². The SMILES string of the molecule is O=[N+]([O-])NBr. The first-order valence-corrected chi connectivity index (χ1v) is 1.57. The van der Waals surface area contributed by atoms with Crippen LogP contribution < -0.4 is 4.45 Å². The van der Waals surface area contributed by atoms with Crippen molar-refractivity contribution in [3.8, 4) is 0 Å². The summed E-state index contributed by atoms with van der Waals surface area (Å²) < 4.78 is 1.56. The summed E-state index contributed by atoms with van der Waals surface area (Å²) in [6.45, 7) is 0. The van der Waals surface area contributed by atoms with E-state index < -0.39 is 5.03 Å². The molecule has 0 aromatic rings. The molecular formula is HBrN2O2. The summed E-state index contributed by atoms with van der Waals surface area (Å²) in [5, 5.41) is 8.31. The molecule has 0 heterocycles. The van der Waals surface area contributed by atoms with Crippen molar-refractivity contribution in [1.29, 1.82) is 0 Å². The molecule has 0 atom stereocenters. The normalized spacial score (nSPS) is 6.60. The first kappa shape index (κ1) is 4.68. The molecule has 0 saturated heterocycles. The van der Waals surface area contributed by atoms with Crippen LogP contribution >= 0.6 is 16.1 Å². The van der Waals surface area contributed by atoms with Crippen LogP contribution in [0.4, 0.5) is 0 Å². The standard InChI is InChI=1S/BrHN2O2/c1-2-3(4)5/h2H. The minimum Gasteiger partial charge on any atom is -0.234 e. The minimum atomic E-state index is -0.708. The number of nitrogens with zero attached hydrogens (tertiary/aromatic N) is 1. The predicted molar refractivity (Wildman–Crippen MR) is 19.1 cm³/mol. The van der Waals surface area contributed by atoms with Gasteiger partial charge in [-0.25, -0.2) is 10.1 Å². The van der Waals surface area contributed by atoms with Crippen LogP contribution in [0.2, 0.25) is 0 Å². The van der Waals surface area contributed by atoms with E-state index in [2.05, 4.69) is 16.1 Å². The van der Waals surface area contributed by atoms with Crippen molar-refractivity contribution in [2.24, 2.45) is 0 Å². The summed E-state index contributed by atoms with van der Waals surface area (Å²) in [7, 11) is 0. The maximum atomic E-state index is 9.02. The molecule has 0 spiro atoms. The summed E-state index contributed by atoms with van der Waals surface area (Å²) in [5.74, 6) is 0. The third-order valence-corrected chi connectivity index (χ3v) is 0.359. The molecule has 0 aliphatic carbocycles. The van der Waals surface area contributed by atoms with Gasteiger partial charge >= 0.3 is 0 Å². The third kappa shape index (κ3) is 3.68. The van der Waals surface area contributed by atoms with Gasteiger partial charge in [0.2, 0.25) is 0 Å². The Bertz CT molecular complexity index is 42.9. The monoisotopic (exact) mass is 140 g/mol. The second-order valence-electron chi connectivity index (χ2n) is 0.342. The molecule has 30 valence electrons. The molecule has 0 aliphatic heterocycles. The van der Waals surface area contributed by atoms with E-state index in [1.807, 2.05) is 0 Å². The number of nitro groups is 1. The van der Waals surface area contributed by atoms with Crippen LogP contribution in [-0.2, 0) is 0 Å². The molecule has 0 saturated carbocycles. The Kier molecular flexibility index (Phi) is 1.83. The molecule has 0 bridgehead atoms. The van der Waals surface area contributed by atoms with Crippen LogP contribution in [-0.4, -0.2) is 5.03 Å². The summed E-state index contributed by atoms with van der Waals surface area (Å²) in [6.07, 6.45) is 0. The van der Waals surface area contributed by atoms with Crippen molar-refractivity contribution in [1.82, 2.24) is 4.45 Å². The fourth-order valence-corrected chi connectivity index (χ4v) is 0. The zero-order valence-electron chi connectivity index (χ0n) is 2.14. The lowest BCUT2D eigenvalue weighted by molar-refractivity contribution is -0.513. The van der Waals surface area contributed by atoms with Gasteiger partial charge in [0.05, 0.1) is 0 Å². The topological polar surface area (TPSA) is 55.2 Å². The molecule has 0 amide bonds. The van der Waals surface area contributed by atoms with Crippen molar-refractivity contribution < 1.29 is 5.03 Å². The average molecular weight is 141 g/mol. The van der Waals surface area contributed by atoms with Crippen molar-refractivity contribution in [2.75, 3.05) is 0 Å². The van der Waals surface area contributed by atoms with Gasteiger partial charge in [0, 0.05) is 0 Å². The largest absolute Gasteiger partial charge is 0.234 e. The van der Waals surface area contributed by atoms with Crippen molar-refractivity contribution >= 4 is 16.1 Å². The van der Waals surface area contributed by atoms with Crippen LogP contribution in [0.15, 0.2) is 0 Å². The Hall–Kier alpha value is -0.320. The Labute approximate surface area is 36.6 Å². The lowest BCUT2D eigenvalue weighted by Gasteiger charge is -1.73. The van der Waals surface area contributed by atoms with Crippen molar-refractivity contribution in [3.05, 3.63) is 10.1 Å². The smallest absolute Gasteiger partial charge is 0.168 e. The van der Waals surface area contributed by atoms with Crippen LogP contribution in [0.3, 0.4) is 0 Å². The van der Waals surface area contributed by atoms with Gasteiger partial charge in [0.1, 0.15) is 16.1 Å². The zero-order chi connectivity index (χ0) is 4.28. The summed E-state index contributed by atoms with van der Waals surface area (Å²) in [6, 6.07) is 0. The maximum Gasteiger partial charge on any atom is 0.168 e. The second-order valence-corrected chi connectivity index (χ2v) is 0.696. The van der Waals surface area contributed by atoms with E-state index in [4.69, 9.17) is 10.1 Å². The fraction of sp³-hybridized carbons (Fsp3) is 0. The predicted octanol–water partition coefficient (Wildman–Crippen LogP) is 0.0776. The molecule has 0 aromatic carbocycles. The first-order chi connectivity index (χ1) is 2.27. The molecule has 0 rings (SSSR count). The second kappa shape index (κ2) is 1.95. The first-order valence-electron chi connectivity index (χ1n) is 0.778. The Morgan fingerprint density at radius 3 is 2.20 bits per heavy atom. The molecule has 5 heavy (non-hydrogen) atoms. The van der Waals surface area contributed by atoms with E-state index in [1.54, 1.807) is 4.45 Å². The van der Waals surface area contributed by atoms with E-state index in [0.29, 0.717) is 0 Å². The highest BCUT2D eigenvalue weighted by Gasteiger charge is 1.75. The molecule has 0 aromatic heterocycles. The van der Waals surface area contributed by atoms with E-state index in [1.165, 1.54) is 0 Å². The quantitative estimate of drug-likeness (QED) is 0.319. The molecule has 5 heteroatoms. The highest BCUT2D eigenvalue weighted by molar-refractivity contribution is 9.07. The van der Waals surface area contributed by atoms with Gasteiger partial charge in [-0.3, -0.25) is 0 Å². The van der Waals surface area contributed by atoms with Gasteiger partial charge in [-0.05, 0) is 0 Å². The maximum absolute atomic E-state index is 9.02. The molecular weight excluding hydrogens is 140 g/mol. The Morgan fingerprint density at radius 1 is 2.00 bits per heavy atom. The van der Waals surface area contributed by atoms with Gasteiger partial charge < -0.3 is 0 Å². The average Bonchev–Trinajstić information content (AvgIpc) is 1.38. The van der Waals surface area contributed by atoms with Crippen LogP contribution in [0.1, 0.15) is 0 Å². The highest BCUT2D eigenvalue weighted by Crippen LogP contribution is 1.61. The molecule has 0 aliphatic rings. The lowest BCUT2D eigenvalue weighted by atomic mass is 12.7. The van der Waals surface area contributed by atoms with Gasteiger partial charge in [-0.2, -0.15) is 0 Å². The van der Waals surface area contributed by atoms with Crippen molar-refractivity contribution in [3.63, 3.8) is 0 Å². The van der Waals surface area contributed by atoms with Crippen molar-refractivity contribution in [2.45, 2.75) is 0 Å². The van der Waals surface area contributed by atoms with E-state index in [-0.39, 0.29) is 0 Å². The Balaban J connectivity index is 2.85. The van der Waals surface area contributed by atoms with Crippen LogP contribution in [0, 0.1) is 10.1 Å². The number of rotatable bonds is 1. The van der Waals surface area contributed by atoms with Gasteiger partial charge in [0.25, 0.3) is 0 Å². The molecule has 4 nitrogen and oxygen atoms in total. The molecule has 0 fully saturated rings. The lowest BCUT2D eigenvalue weighted by Crippen LogP contribution is -2.06. The van der Waals surface area contributed by atoms with Gasteiger partial charge in [0.15, 0.2) is 5.03 Å². The minimum absolute atomic E-state index is 0.708. The van der Waals surface area contributed by atoms with Crippen LogP contribution in [0.25, 0.3) is 0 Å². The summed E-state index contributed by atoms with van der Waals surface area (Å²) in [5.41, 5.74) is 0. The highest BCUT2D eigenvalue weighted by atomic mass is 79.9. The van der Waals surface area contributed by atoms with Gasteiger partial charge in [-0.15, -0.1) is 0 Å². The summed E-state index contributed by atoms with van der Waals surface area (Å²) in [4.78, 5) is 9.02. The zero-order valence-corrected chi connectivity index (χ0v) is 3.73. The number of halogens is 1. The number of nitrogens with one attached hydrogen (secondary N) is 1. The number of hydrogen-bond acceptors (Lipinski definition) is 2. The van der Waals surface area contributed by atoms with Crippen LogP contribution in [0.5, 0.6) is 0 Å². The van der Waals surface area contributed by atoms with E-state index in [0.717, 1.165) is 0 Å². The number of hydrogen-bond donors (Lipinski definition) is 1. The molecule has 0 radical (unpaired) electrons. The fourth-order valence-electron chi connectivity index (χ4n) is 0. The number of hydrazine groups is 1. The Morgan fingerprint density at radius 2 is 2.20 bits per heavy atom. The molecule has 0 unspecified atom stereocenters. The van der Waals surface area contributed by atoms with Gasteiger partial charge in [-0.1, -0.05) is 4.45 Å². The van der Waals surface area contributed by atoms with E-state index in [9.17, 15) is 0 Å². The summed E-state index contributed by atoms with van der Waals surface area (Å²) >= 11 is 2.36. The third-order valence-electron chi connectivity index (χ3n) is 0.0690. The molecule has 1 N–H and O–H groups in total.